The van der Waals surface area contributed by atoms with Crippen LogP contribution in [0.3, 0.4) is 0 Å². The van der Waals surface area contributed by atoms with E-state index in [-0.39, 0.29) is 40.7 Å². The number of halogens is 2. The van der Waals surface area contributed by atoms with Crippen LogP contribution in [0.5, 0.6) is 0 Å². The average Bonchev–Trinajstić information content (AvgIpc) is 2.38. The zero-order valence-electron chi connectivity index (χ0n) is 10.8. The Morgan fingerprint density at radius 1 is 1.40 bits per heavy atom. The van der Waals surface area contributed by atoms with Crippen LogP contribution < -0.4 is 0 Å². The van der Waals surface area contributed by atoms with Crippen LogP contribution in [-0.2, 0) is 14.8 Å². The Hall–Kier alpha value is -0.370. The Balaban J connectivity index is 2.43. The minimum absolute atomic E-state index is 0.0710. The molecule has 1 fully saturated rings. The van der Waals surface area contributed by atoms with Crippen LogP contribution in [0.15, 0.2) is 23.1 Å². The highest BCUT2D eigenvalue weighted by atomic mass is 35.5. The van der Waals surface area contributed by atoms with Gasteiger partial charge in [0.2, 0.25) is 10.0 Å². The van der Waals surface area contributed by atoms with Crippen molar-refractivity contribution in [2.75, 3.05) is 19.8 Å². The van der Waals surface area contributed by atoms with E-state index >= 15 is 0 Å². The lowest BCUT2D eigenvalue weighted by molar-refractivity contribution is -0.0516. The molecular weight excluding hydrogens is 325 g/mol. The number of hydrogen-bond donors (Lipinski definition) is 1. The highest BCUT2D eigenvalue weighted by Gasteiger charge is 2.37. The van der Waals surface area contributed by atoms with Crippen molar-refractivity contribution in [3.63, 3.8) is 0 Å². The molecule has 20 heavy (non-hydrogen) atoms. The van der Waals surface area contributed by atoms with Crippen molar-refractivity contribution < 1.29 is 18.3 Å². The van der Waals surface area contributed by atoms with Gasteiger partial charge in [-0.2, -0.15) is 4.31 Å². The molecule has 0 amide bonds. The summed E-state index contributed by atoms with van der Waals surface area (Å²) < 4.78 is 32.0. The fraction of sp³-hybridized carbons (Fsp3) is 0.500. The fourth-order valence-electron chi connectivity index (χ4n) is 2.08. The zero-order chi connectivity index (χ0) is 14.9. The Kier molecular flexibility index (Phi) is 4.94. The normalized spacial score (nSPS) is 24.8. The molecule has 1 aromatic carbocycles. The lowest BCUT2D eigenvalue weighted by Gasteiger charge is -2.36. The van der Waals surface area contributed by atoms with E-state index in [1.165, 1.54) is 16.4 Å². The number of aliphatic hydroxyl groups excluding tert-OH is 1. The molecule has 1 aromatic rings. The number of sulfonamides is 1. The molecule has 5 nitrogen and oxygen atoms in total. The van der Waals surface area contributed by atoms with Crippen molar-refractivity contribution in [3.05, 3.63) is 28.2 Å². The van der Waals surface area contributed by atoms with Gasteiger partial charge in [0.15, 0.2) is 0 Å². The molecule has 1 saturated heterocycles. The second-order valence-corrected chi connectivity index (χ2v) is 7.25. The minimum Gasteiger partial charge on any atom is -0.394 e. The molecule has 1 N–H and O–H groups in total. The first-order valence-electron chi connectivity index (χ1n) is 6.06. The van der Waals surface area contributed by atoms with Gasteiger partial charge in [-0.3, -0.25) is 0 Å². The van der Waals surface area contributed by atoms with Crippen LogP contribution in [0.2, 0.25) is 10.0 Å². The minimum atomic E-state index is -3.84. The first kappa shape index (κ1) is 16.0. The lowest BCUT2D eigenvalue weighted by atomic mass is 10.2. The van der Waals surface area contributed by atoms with E-state index in [9.17, 15) is 8.42 Å². The number of rotatable bonds is 3. The van der Waals surface area contributed by atoms with Gasteiger partial charge >= 0.3 is 0 Å². The molecule has 1 heterocycles. The number of benzene rings is 1. The van der Waals surface area contributed by atoms with Crippen LogP contribution in [0.1, 0.15) is 6.92 Å². The van der Waals surface area contributed by atoms with Gasteiger partial charge < -0.3 is 9.84 Å². The van der Waals surface area contributed by atoms with E-state index < -0.39 is 16.1 Å². The first-order chi connectivity index (χ1) is 9.37. The summed E-state index contributed by atoms with van der Waals surface area (Å²) >= 11 is 12.0. The molecule has 0 spiro atoms. The number of nitrogens with zero attached hydrogens (tertiary/aromatic N) is 1. The Labute approximate surface area is 128 Å². The standard InChI is InChI=1S/C12H15Cl2NO4S/c1-8-7-19-9(6-16)5-15(8)20(17,18)12-10(13)3-2-4-11(12)14/h2-4,8-9,16H,5-7H2,1H3. The molecular formula is C12H15Cl2NO4S. The molecule has 0 saturated carbocycles. The number of ether oxygens (including phenoxy) is 1. The van der Waals surface area contributed by atoms with Gasteiger partial charge in [0.25, 0.3) is 0 Å². The molecule has 2 unspecified atom stereocenters. The Bertz CT molecular complexity index is 573. The maximum atomic E-state index is 12.7. The third-order valence-corrected chi connectivity index (χ3v) is 6.07. The molecule has 0 bridgehead atoms. The van der Waals surface area contributed by atoms with E-state index in [2.05, 4.69) is 0 Å². The van der Waals surface area contributed by atoms with Gasteiger partial charge in [-0.25, -0.2) is 8.42 Å². The highest BCUT2D eigenvalue weighted by molar-refractivity contribution is 7.89. The first-order valence-corrected chi connectivity index (χ1v) is 8.26. The smallest absolute Gasteiger partial charge is 0.246 e. The predicted molar refractivity (Wildman–Crippen MR) is 76.6 cm³/mol. The van der Waals surface area contributed by atoms with E-state index in [0.29, 0.717) is 0 Å². The molecule has 2 atom stereocenters. The molecule has 8 heteroatoms. The molecule has 112 valence electrons. The van der Waals surface area contributed by atoms with E-state index in [0.717, 1.165) is 0 Å². The van der Waals surface area contributed by atoms with Gasteiger partial charge in [0.1, 0.15) is 4.90 Å². The maximum absolute atomic E-state index is 12.7. The summed E-state index contributed by atoms with van der Waals surface area (Å²) in [6, 6.07) is 4.20. The maximum Gasteiger partial charge on any atom is 0.246 e. The van der Waals surface area contributed by atoms with Crippen molar-refractivity contribution in [2.24, 2.45) is 0 Å². The third-order valence-electron chi connectivity index (χ3n) is 3.14. The summed E-state index contributed by atoms with van der Waals surface area (Å²) in [5, 5.41) is 9.30. The molecule has 2 rings (SSSR count). The number of morpholine rings is 1. The predicted octanol–water partition coefficient (Wildman–Crippen LogP) is 1.76. The van der Waals surface area contributed by atoms with Crippen LogP contribution in [0.25, 0.3) is 0 Å². The summed E-state index contributed by atoms with van der Waals surface area (Å²) in [6.45, 7) is 1.78. The van der Waals surface area contributed by atoms with Gasteiger partial charge in [-0.05, 0) is 19.1 Å². The lowest BCUT2D eigenvalue weighted by Crippen LogP contribution is -2.51. The van der Waals surface area contributed by atoms with Crippen LogP contribution in [0, 0.1) is 0 Å². The molecule has 1 aliphatic heterocycles. The van der Waals surface area contributed by atoms with Crippen LogP contribution in [-0.4, -0.2) is 49.7 Å². The SMILES string of the molecule is CC1COC(CO)CN1S(=O)(=O)c1c(Cl)cccc1Cl. The summed E-state index contributed by atoms with van der Waals surface area (Å²) in [5.74, 6) is 0. The van der Waals surface area contributed by atoms with E-state index in [4.69, 9.17) is 33.0 Å². The van der Waals surface area contributed by atoms with Gasteiger partial charge in [0, 0.05) is 12.6 Å². The van der Waals surface area contributed by atoms with E-state index in [1.807, 2.05) is 0 Å². The second-order valence-electron chi connectivity index (χ2n) is 4.61. The Morgan fingerprint density at radius 3 is 2.55 bits per heavy atom. The van der Waals surface area contributed by atoms with Gasteiger partial charge in [0.05, 0.1) is 29.4 Å². The average molecular weight is 340 g/mol. The largest absolute Gasteiger partial charge is 0.394 e. The molecule has 0 aliphatic carbocycles. The monoisotopic (exact) mass is 339 g/mol. The summed E-state index contributed by atoms with van der Waals surface area (Å²) in [5.41, 5.74) is 0. The molecule has 1 aliphatic rings. The highest BCUT2D eigenvalue weighted by Crippen LogP contribution is 2.33. The number of aliphatic hydroxyl groups is 1. The van der Waals surface area contributed by atoms with Crippen molar-refractivity contribution in [2.45, 2.75) is 24.0 Å². The molecule has 0 aromatic heterocycles. The van der Waals surface area contributed by atoms with Crippen molar-refractivity contribution in [3.8, 4) is 0 Å². The zero-order valence-corrected chi connectivity index (χ0v) is 13.1. The molecule has 0 radical (unpaired) electrons. The van der Waals surface area contributed by atoms with Crippen molar-refractivity contribution in [1.29, 1.82) is 0 Å². The van der Waals surface area contributed by atoms with Gasteiger partial charge in [-0.15, -0.1) is 0 Å². The van der Waals surface area contributed by atoms with Crippen LogP contribution >= 0.6 is 23.2 Å². The van der Waals surface area contributed by atoms with Crippen molar-refractivity contribution >= 4 is 33.2 Å². The Morgan fingerprint density at radius 2 is 2.00 bits per heavy atom. The van der Waals surface area contributed by atoms with Crippen molar-refractivity contribution in [1.82, 2.24) is 4.31 Å². The summed E-state index contributed by atoms with van der Waals surface area (Å²) in [6.07, 6.45) is -0.540. The number of hydrogen-bond acceptors (Lipinski definition) is 4. The second kappa shape index (κ2) is 6.17. The topological polar surface area (TPSA) is 66.8 Å². The van der Waals surface area contributed by atoms with E-state index in [1.54, 1.807) is 13.0 Å². The summed E-state index contributed by atoms with van der Waals surface area (Å²) in [7, 11) is -3.84. The van der Waals surface area contributed by atoms with Crippen LogP contribution in [0.4, 0.5) is 0 Å². The van der Waals surface area contributed by atoms with Gasteiger partial charge in [-0.1, -0.05) is 29.3 Å². The fourth-order valence-corrected chi connectivity index (χ4v) is 4.83. The quantitative estimate of drug-likeness (QED) is 0.911. The summed E-state index contributed by atoms with van der Waals surface area (Å²) in [4.78, 5) is -0.103. The third kappa shape index (κ3) is 2.95.